The zero-order valence-corrected chi connectivity index (χ0v) is 19.6. The molecule has 1 aliphatic rings. The first-order valence-electron chi connectivity index (χ1n) is 11.4. The van der Waals surface area contributed by atoms with E-state index in [0.29, 0.717) is 49.2 Å². The molecule has 0 unspecified atom stereocenters. The summed E-state index contributed by atoms with van der Waals surface area (Å²) in [4.78, 5) is 29.2. The van der Waals surface area contributed by atoms with E-state index in [9.17, 15) is 9.90 Å². The van der Waals surface area contributed by atoms with Gasteiger partial charge in [0.25, 0.3) is 0 Å². The lowest BCUT2D eigenvalue weighted by molar-refractivity contribution is -0.143. The molecule has 0 aromatic carbocycles. The summed E-state index contributed by atoms with van der Waals surface area (Å²) >= 11 is 0. The number of hydrogen-bond donors (Lipinski definition) is 2. The quantitative estimate of drug-likeness (QED) is 0.483. The second kappa shape index (κ2) is 10.4. The summed E-state index contributed by atoms with van der Waals surface area (Å²) in [5, 5.41) is 16.9. The van der Waals surface area contributed by atoms with Crippen LogP contribution in [0.5, 0.6) is 11.6 Å². The predicted molar refractivity (Wildman–Crippen MR) is 124 cm³/mol. The van der Waals surface area contributed by atoms with Gasteiger partial charge in [0.15, 0.2) is 11.6 Å². The lowest BCUT2D eigenvalue weighted by atomic mass is 9.87. The highest BCUT2D eigenvalue weighted by Gasteiger charge is 2.29. The minimum atomic E-state index is -0.757. The molecule has 0 bridgehead atoms. The SMILES string of the molecule is CCc1nc(-c2cnn(C)c2CNc2nccc(OC)n2)ncc1O[C@H]1CCC[C@H](C(=O)O)C1. The number of nitrogens with one attached hydrogen (secondary N) is 1. The Bertz CT molecular complexity index is 1150. The van der Waals surface area contributed by atoms with Gasteiger partial charge in [-0.2, -0.15) is 10.1 Å². The molecular formula is C23H29N7O4. The van der Waals surface area contributed by atoms with Crippen LogP contribution >= 0.6 is 0 Å². The molecule has 3 heterocycles. The standard InChI is InChI=1S/C23H29N7O4/c1-4-17-19(34-15-7-5-6-14(10-15)22(31)32)13-25-21(28-17)16-11-27-30(2)18(16)12-26-23-24-9-8-20(29-23)33-3/h8-9,11,13-15H,4-7,10,12H2,1-3H3,(H,31,32)(H,24,26,29)/t14-,15-/m0/s1. The minimum Gasteiger partial charge on any atom is -0.487 e. The normalized spacial score (nSPS) is 17.9. The third kappa shape index (κ3) is 5.24. The molecular weight excluding hydrogens is 438 g/mol. The van der Waals surface area contributed by atoms with Crippen LogP contribution in [0.15, 0.2) is 24.7 Å². The number of carboxylic acids is 1. The number of anilines is 1. The van der Waals surface area contributed by atoms with E-state index in [-0.39, 0.29) is 12.0 Å². The fourth-order valence-electron chi connectivity index (χ4n) is 4.11. The Kier molecular flexibility index (Phi) is 7.19. The largest absolute Gasteiger partial charge is 0.487 e. The fourth-order valence-corrected chi connectivity index (χ4v) is 4.11. The van der Waals surface area contributed by atoms with Crippen molar-refractivity contribution >= 4 is 11.9 Å². The highest BCUT2D eigenvalue weighted by Crippen LogP contribution is 2.30. The van der Waals surface area contributed by atoms with E-state index in [2.05, 4.69) is 25.4 Å². The Morgan fingerprint density at radius 3 is 2.88 bits per heavy atom. The molecule has 1 fully saturated rings. The number of carboxylic acid groups (broad SMARTS) is 1. The van der Waals surface area contributed by atoms with Gasteiger partial charge < -0.3 is 19.9 Å². The Hall–Kier alpha value is -3.76. The van der Waals surface area contributed by atoms with Crippen molar-refractivity contribution in [3.8, 4) is 23.0 Å². The molecule has 1 aliphatic carbocycles. The molecule has 0 saturated heterocycles. The van der Waals surface area contributed by atoms with Crippen molar-refractivity contribution in [3.05, 3.63) is 36.0 Å². The predicted octanol–water partition coefficient (Wildman–Crippen LogP) is 2.87. The maximum atomic E-state index is 11.4. The summed E-state index contributed by atoms with van der Waals surface area (Å²) < 4.78 is 13.1. The van der Waals surface area contributed by atoms with Gasteiger partial charge in [-0.3, -0.25) is 9.48 Å². The molecule has 2 N–H and O–H groups in total. The summed E-state index contributed by atoms with van der Waals surface area (Å²) in [5.41, 5.74) is 2.45. The third-order valence-electron chi connectivity index (χ3n) is 5.99. The van der Waals surface area contributed by atoms with Crippen molar-refractivity contribution in [2.75, 3.05) is 12.4 Å². The zero-order chi connectivity index (χ0) is 24.1. The summed E-state index contributed by atoms with van der Waals surface area (Å²) in [7, 11) is 3.41. The number of aryl methyl sites for hydroxylation is 2. The van der Waals surface area contributed by atoms with Crippen LogP contribution in [0.4, 0.5) is 5.95 Å². The number of ether oxygens (including phenoxy) is 2. The van der Waals surface area contributed by atoms with Crippen LogP contribution in [-0.2, 0) is 24.8 Å². The topological polar surface area (TPSA) is 137 Å². The van der Waals surface area contributed by atoms with E-state index >= 15 is 0 Å². The van der Waals surface area contributed by atoms with E-state index in [0.717, 1.165) is 29.8 Å². The van der Waals surface area contributed by atoms with E-state index in [1.165, 1.54) is 0 Å². The molecule has 0 aliphatic heterocycles. The van der Waals surface area contributed by atoms with Gasteiger partial charge in [-0.1, -0.05) is 6.92 Å². The second-order valence-corrected chi connectivity index (χ2v) is 8.20. The van der Waals surface area contributed by atoms with E-state index in [4.69, 9.17) is 14.5 Å². The van der Waals surface area contributed by atoms with Gasteiger partial charge >= 0.3 is 5.97 Å². The average molecular weight is 468 g/mol. The van der Waals surface area contributed by atoms with Crippen molar-refractivity contribution in [2.24, 2.45) is 13.0 Å². The van der Waals surface area contributed by atoms with Gasteiger partial charge in [0.05, 0.1) is 55.0 Å². The Labute approximate surface area is 197 Å². The summed E-state index contributed by atoms with van der Waals surface area (Å²) in [5.74, 6) is 0.957. The molecule has 2 atom stereocenters. The number of aromatic nitrogens is 6. The lowest BCUT2D eigenvalue weighted by Crippen LogP contribution is -2.29. The molecule has 4 rings (SSSR count). The number of rotatable bonds is 9. The van der Waals surface area contributed by atoms with Crippen molar-refractivity contribution in [3.63, 3.8) is 0 Å². The number of methoxy groups -OCH3 is 1. The highest BCUT2D eigenvalue weighted by molar-refractivity contribution is 5.70. The molecule has 11 nitrogen and oxygen atoms in total. The molecule has 11 heteroatoms. The van der Waals surface area contributed by atoms with Crippen LogP contribution in [0.25, 0.3) is 11.4 Å². The smallest absolute Gasteiger partial charge is 0.306 e. The second-order valence-electron chi connectivity index (χ2n) is 8.20. The maximum Gasteiger partial charge on any atom is 0.306 e. The van der Waals surface area contributed by atoms with Crippen molar-refractivity contribution in [1.82, 2.24) is 29.7 Å². The third-order valence-corrected chi connectivity index (χ3v) is 5.99. The van der Waals surface area contributed by atoms with Crippen LogP contribution in [0.3, 0.4) is 0 Å². The number of carbonyl (C=O) groups is 1. The van der Waals surface area contributed by atoms with Crippen LogP contribution in [-0.4, -0.2) is 54.0 Å². The van der Waals surface area contributed by atoms with Crippen molar-refractivity contribution in [2.45, 2.75) is 51.7 Å². The van der Waals surface area contributed by atoms with Gasteiger partial charge in [-0.25, -0.2) is 15.0 Å². The van der Waals surface area contributed by atoms with Crippen LogP contribution < -0.4 is 14.8 Å². The number of hydrogen-bond acceptors (Lipinski definition) is 9. The van der Waals surface area contributed by atoms with Crippen molar-refractivity contribution < 1.29 is 19.4 Å². The van der Waals surface area contributed by atoms with Crippen molar-refractivity contribution in [1.29, 1.82) is 0 Å². The van der Waals surface area contributed by atoms with E-state index in [1.54, 1.807) is 36.4 Å². The average Bonchev–Trinajstić information content (AvgIpc) is 3.23. The molecule has 0 amide bonds. The van der Waals surface area contributed by atoms with Gasteiger partial charge in [0.2, 0.25) is 11.8 Å². The molecule has 3 aromatic rings. The van der Waals surface area contributed by atoms with Gasteiger partial charge in [-0.15, -0.1) is 0 Å². The molecule has 34 heavy (non-hydrogen) atoms. The van der Waals surface area contributed by atoms with E-state index in [1.807, 2.05) is 14.0 Å². The van der Waals surface area contributed by atoms with Gasteiger partial charge in [0, 0.05) is 19.3 Å². The molecule has 0 spiro atoms. The van der Waals surface area contributed by atoms with Crippen LogP contribution in [0.2, 0.25) is 0 Å². The van der Waals surface area contributed by atoms with Crippen LogP contribution in [0.1, 0.15) is 44.0 Å². The number of aliphatic carboxylic acids is 1. The molecule has 0 radical (unpaired) electrons. The number of nitrogens with zero attached hydrogens (tertiary/aromatic N) is 6. The Morgan fingerprint density at radius 2 is 2.12 bits per heavy atom. The molecule has 180 valence electrons. The van der Waals surface area contributed by atoms with Gasteiger partial charge in [0.1, 0.15) is 0 Å². The maximum absolute atomic E-state index is 11.4. The monoisotopic (exact) mass is 467 g/mol. The lowest BCUT2D eigenvalue weighted by Gasteiger charge is -2.27. The first kappa shape index (κ1) is 23.4. The first-order valence-corrected chi connectivity index (χ1v) is 11.4. The highest BCUT2D eigenvalue weighted by atomic mass is 16.5. The first-order chi connectivity index (χ1) is 16.5. The summed E-state index contributed by atoms with van der Waals surface area (Å²) in [6, 6.07) is 1.68. The van der Waals surface area contributed by atoms with Gasteiger partial charge in [-0.05, 0) is 32.1 Å². The minimum absolute atomic E-state index is 0.143. The van der Waals surface area contributed by atoms with Crippen LogP contribution in [0, 0.1) is 5.92 Å². The van der Waals surface area contributed by atoms with E-state index < -0.39 is 5.97 Å². The Balaban J connectivity index is 1.52. The summed E-state index contributed by atoms with van der Waals surface area (Å²) in [6.45, 7) is 2.42. The summed E-state index contributed by atoms with van der Waals surface area (Å²) in [6.07, 6.45) is 8.43. The fraction of sp³-hybridized carbons (Fsp3) is 0.478. The zero-order valence-electron chi connectivity index (χ0n) is 19.6. The Morgan fingerprint density at radius 1 is 1.26 bits per heavy atom. The molecule has 3 aromatic heterocycles. The molecule has 1 saturated carbocycles.